The second-order valence-corrected chi connectivity index (χ2v) is 3.08. The van der Waals surface area contributed by atoms with Crippen LogP contribution in [0.5, 0.6) is 0 Å². The van der Waals surface area contributed by atoms with Gasteiger partial charge in [-0.15, -0.1) is 11.6 Å². The monoisotopic (exact) mass is 194 g/mol. The lowest BCUT2D eigenvalue weighted by Crippen LogP contribution is -2.25. The first-order valence-corrected chi connectivity index (χ1v) is 4.44. The van der Waals surface area contributed by atoms with Crippen LogP contribution in [0.25, 0.3) is 0 Å². The van der Waals surface area contributed by atoms with Crippen LogP contribution < -0.4 is 0 Å². The van der Waals surface area contributed by atoms with Crippen LogP contribution in [-0.4, -0.2) is 30.7 Å². The van der Waals surface area contributed by atoms with Crippen LogP contribution in [0.4, 0.5) is 0 Å². The van der Waals surface area contributed by atoms with Gasteiger partial charge in [-0.3, -0.25) is 4.79 Å². The first kappa shape index (κ1) is 11.7. The highest BCUT2D eigenvalue weighted by Gasteiger charge is 2.11. The van der Waals surface area contributed by atoms with Gasteiger partial charge in [-0.25, -0.2) is 0 Å². The smallest absolute Gasteiger partial charge is 0.303 e. The molecule has 1 atom stereocenters. The average molecular weight is 195 g/mol. The maximum Gasteiger partial charge on any atom is 0.303 e. The van der Waals surface area contributed by atoms with E-state index in [1.165, 1.54) is 6.92 Å². The normalized spacial score (nSPS) is 13.1. The molecule has 0 spiro atoms. The van der Waals surface area contributed by atoms with Gasteiger partial charge >= 0.3 is 5.97 Å². The molecule has 3 nitrogen and oxygen atoms in total. The molecule has 0 aliphatic rings. The number of hydrogen-bond donors (Lipinski definition) is 0. The molecule has 0 radical (unpaired) electrons. The van der Waals surface area contributed by atoms with Gasteiger partial charge in [-0.1, -0.05) is 0 Å². The molecule has 0 fully saturated rings. The van der Waals surface area contributed by atoms with Crippen LogP contribution >= 0.6 is 11.6 Å². The number of rotatable bonds is 5. The number of carbonyl (C=O) groups is 1. The summed E-state index contributed by atoms with van der Waals surface area (Å²) in [4.78, 5) is 10.5. The molecule has 0 aromatic rings. The molecule has 0 saturated heterocycles. The Hall–Kier alpha value is -0.280. The van der Waals surface area contributed by atoms with Crippen molar-refractivity contribution < 1.29 is 14.3 Å². The van der Waals surface area contributed by atoms with Crippen molar-refractivity contribution in [1.82, 2.24) is 0 Å². The van der Waals surface area contributed by atoms with Gasteiger partial charge in [-0.05, 0) is 13.8 Å². The van der Waals surface area contributed by atoms with Crippen LogP contribution in [0.15, 0.2) is 0 Å². The van der Waals surface area contributed by atoms with Crippen LogP contribution in [0.1, 0.15) is 20.8 Å². The molecule has 72 valence electrons. The summed E-state index contributed by atoms with van der Waals surface area (Å²) in [6.07, 6.45) is -0.196. The van der Waals surface area contributed by atoms with E-state index in [1.807, 2.05) is 13.8 Å². The number of carbonyl (C=O) groups excluding carboxylic acids is 1. The number of halogens is 1. The first-order chi connectivity index (χ1) is 5.56. The van der Waals surface area contributed by atoms with Crippen molar-refractivity contribution in [3.63, 3.8) is 0 Å². The Labute approximate surface area is 78.0 Å². The van der Waals surface area contributed by atoms with Gasteiger partial charge in [0.05, 0.1) is 18.6 Å². The predicted molar refractivity (Wildman–Crippen MR) is 47.4 cm³/mol. The topological polar surface area (TPSA) is 35.5 Å². The molecule has 4 heteroatoms. The molecule has 0 rings (SSSR count). The van der Waals surface area contributed by atoms with Crippen molar-refractivity contribution >= 4 is 17.6 Å². The van der Waals surface area contributed by atoms with E-state index in [4.69, 9.17) is 21.1 Å². The fourth-order valence-electron chi connectivity index (χ4n) is 0.645. The SMILES string of the molecule is CC(=O)O[C@@H](CCl)COC(C)C. The van der Waals surface area contributed by atoms with Gasteiger partial charge in [0.2, 0.25) is 0 Å². The summed E-state index contributed by atoms with van der Waals surface area (Å²) in [5.74, 6) is -0.0558. The van der Waals surface area contributed by atoms with Crippen molar-refractivity contribution in [1.29, 1.82) is 0 Å². The molecule has 0 aliphatic carbocycles. The lowest BCUT2D eigenvalue weighted by atomic mass is 10.4. The Morgan fingerprint density at radius 3 is 2.42 bits per heavy atom. The van der Waals surface area contributed by atoms with Crippen molar-refractivity contribution in [3.05, 3.63) is 0 Å². The van der Waals surface area contributed by atoms with E-state index in [0.717, 1.165) is 0 Å². The van der Waals surface area contributed by atoms with E-state index in [1.54, 1.807) is 0 Å². The van der Waals surface area contributed by atoms with Crippen molar-refractivity contribution in [2.75, 3.05) is 12.5 Å². The highest BCUT2D eigenvalue weighted by molar-refractivity contribution is 6.18. The molecular formula is C8H15ClO3. The van der Waals surface area contributed by atoms with E-state index in [9.17, 15) is 4.79 Å². The van der Waals surface area contributed by atoms with Crippen molar-refractivity contribution in [2.24, 2.45) is 0 Å². The zero-order valence-corrected chi connectivity index (χ0v) is 8.43. The summed E-state index contributed by atoms with van der Waals surface area (Å²) in [6.45, 7) is 5.55. The molecule has 0 bridgehead atoms. The van der Waals surface area contributed by atoms with Gasteiger partial charge in [-0.2, -0.15) is 0 Å². The lowest BCUT2D eigenvalue weighted by Gasteiger charge is -2.15. The number of esters is 1. The molecule has 0 aromatic heterocycles. The van der Waals surface area contributed by atoms with Gasteiger partial charge in [0.25, 0.3) is 0 Å². The minimum Gasteiger partial charge on any atom is -0.459 e. The van der Waals surface area contributed by atoms with Crippen molar-refractivity contribution in [2.45, 2.75) is 33.0 Å². The van der Waals surface area contributed by atoms with Crippen LogP contribution in [-0.2, 0) is 14.3 Å². The molecule has 0 N–H and O–H groups in total. The van der Waals surface area contributed by atoms with E-state index in [2.05, 4.69) is 0 Å². The maximum atomic E-state index is 10.5. The summed E-state index contributed by atoms with van der Waals surface area (Å²) in [5.41, 5.74) is 0. The zero-order valence-electron chi connectivity index (χ0n) is 7.67. The molecule has 0 heterocycles. The summed E-state index contributed by atoms with van der Waals surface area (Å²) < 4.78 is 10.1. The lowest BCUT2D eigenvalue weighted by molar-refractivity contribution is -0.148. The van der Waals surface area contributed by atoms with Crippen LogP contribution in [0.3, 0.4) is 0 Å². The van der Waals surface area contributed by atoms with Crippen molar-refractivity contribution in [3.8, 4) is 0 Å². The summed E-state index contributed by atoms with van der Waals surface area (Å²) in [5, 5.41) is 0. The standard InChI is InChI=1S/C8H15ClO3/c1-6(2)11-5-8(4-9)12-7(3)10/h6,8H,4-5H2,1-3H3/t8-/m0/s1. The predicted octanol–water partition coefficient (Wildman–Crippen LogP) is 1.58. The van der Waals surface area contributed by atoms with Crippen LogP contribution in [0.2, 0.25) is 0 Å². The fraction of sp³-hybridized carbons (Fsp3) is 0.875. The number of alkyl halides is 1. The molecule has 0 amide bonds. The largest absolute Gasteiger partial charge is 0.459 e. The van der Waals surface area contributed by atoms with Crippen LogP contribution in [0, 0.1) is 0 Å². The summed E-state index contributed by atoms with van der Waals surface area (Å²) in [6, 6.07) is 0. The van der Waals surface area contributed by atoms with E-state index in [0.29, 0.717) is 6.61 Å². The number of ether oxygens (including phenoxy) is 2. The van der Waals surface area contributed by atoms with E-state index >= 15 is 0 Å². The molecule has 12 heavy (non-hydrogen) atoms. The molecule has 0 aromatic carbocycles. The Kier molecular flexibility index (Phi) is 6.11. The average Bonchev–Trinajstić information content (AvgIpc) is 1.97. The number of hydrogen-bond acceptors (Lipinski definition) is 3. The molecule has 0 unspecified atom stereocenters. The third kappa shape index (κ3) is 6.43. The highest BCUT2D eigenvalue weighted by atomic mass is 35.5. The molecule has 0 saturated carbocycles. The van der Waals surface area contributed by atoms with Gasteiger partial charge in [0.15, 0.2) is 0 Å². The Morgan fingerprint density at radius 2 is 2.08 bits per heavy atom. The minimum absolute atomic E-state index is 0.131. The minimum atomic E-state index is -0.327. The van der Waals surface area contributed by atoms with Gasteiger partial charge in [0.1, 0.15) is 6.10 Å². The Bertz CT molecular complexity index is 136. The Balaban J connectivity index is 3.60. The van der Waals surface area contributed by atoms with E-state index < -0.39 is 0 Å². The third-order valence-corrected chi connectivity index (χ3v) is 1.46. The van der Waals surface area contributed by atoms with E-state index in [-0.39, 0.29) is 24.1 Å². The quantitative estimate of drug-likeness (QED) is 0.493. The maximum absolute atomic E-state index is 10.5. The summed E-state index contributed by atoms with van der Waals surface area (Å²) in [7, 11) is 0. The second-order valence-electron chi connectivity index (χ2n) is 2.77. The summed E-state index contributed by atoms with van der Waals surface area (Å²) >= 11 is 5.54. The second kappa shape index (κ2) is 6.26. The zero-order chi connectivity index (χ0) is 9.56. The third-order valence-electron chi connectivity index (χ3n) is 1.12. The Morgan fingerprint density at radius 1 is 1.50 bits per heavy atom. The fourth-order valence-corrected chi connectivity index (χ4v) is 0.797. The first-order valence-electron chi connectivity index (χ1n) is 3.91. The highest BCUT2D eigenvalue weighted by Crippen LogP contribution is 1.99. The van der Waals surface area contributed by atoms with Gasteiger partial charge in [0, 0.05) is 6.92 Å². The molecular weight excluding hydrogens is 180 g/mol. The molecule has 0 aliphatic heterocycles. The van der Waals surface area contributed by atoms with Gasteiger partial charge < -0.3 is 9.47 Å².